The molecule has 8 heteroatoms. The number of hydrogen-bond acceptors (Lipinski definition) is 6. The largest absolute Gasteiger partial charge is 0.497 e. The molecule has 0 fully saturated rings. The molecular formula is C27H25N3O4S. The Bertz CT molecular complexity index is 1660. The summed E-state index contributed by atoms with van der Waals surface area (Å²) in [6, 6.07) is 14.6. The topological polar surface area (TPSA) is 85.7 Å². The number of aromatic amines is 1. The number of esters is 1. The number of fused-ring (bicyclic) bond motifs is 2. The number of allylic oxidation sites excluding steroid dienone is 1. The number of carbonyl (C=O) groups excluding carboxylic acids is 1. The van der Waals surface area contributed by atoms with Crippen molar-refractivity contribution in [2.45, 2.75) is 32.9 Å². The van der Waals surface area contributed by atoms with E-state index in [1.807, 2.05) is 60.8 Å². The molecule has 0 spiro atoms. The van der Waals surface area contributed by atoms with Crippen LogP contribution in [0.4, 0.5) is 0 Å². The SMILES string of the molecule is COc1cccc([C@H]2C(C(=O)OC(C)C)=C(C)N=c3s/c(=C\c4c[nH]c5ccccc45)c(=O)n32)c1. The summed E-state index contributed by atoms with van der Waals surface area (Å²) in [6.45, 7) is 5.37. The van der Waals surface area contributed by atoms with Crippen LogP contribution in [0.25, 0.3) is 17.0 Å². The van der Waals surface area contributed by atoms with Gasteiger partial charge < -0.3 is 14.5 Å². The third-order valence-electron chi connectivity index (χ3n) is 5.90. The number of hydrogen-bond donors (Lipinski definition) is 1. The first-order chi connectivity index (χ1) is 16.9. The minimum absolute atomic E-state index is 0.214. The van der Waals surface area contributed by atoms with Crippen LogP contribution in [0.2, 0.25) is 0 Å². The van der Waals surface area contributed by atoms with E-state index in [9.17, 15) is 9.59 Å². The van der Waals surface area contributed by atoms with Crippen molar-refractivity contribution in [3.8, 4) is 5.75 Å². The maximum atomic E-state index is 13.8. The van der Waals surface area contributed by atoms with Crippen molar-refractivity contribution in [1.29, 1.82) is 0 Å². The second-order valence-corrected chi connectivity index (χ2v) is 9.61. The fourth-order valence-corrected chi connectivity index (χ4v) is 5.38. The average molecular weight is 488 g/mol. The molecule has 0 radical (unpaired) electrons. The van der Waals surface area contributed by atoms with Crippen molar-refractivity contribution >= 4 is 34.3 Å². The number of nitrogens with zero attached hydrogens (tertiary/aromatic N) is 2. The van der Waals surface area contributed by atoms with Crippen LogP contribution < -0.4 is 19.6 Å². The van der Waals surface area contributed by atoms with Crippen molar-refractivity contribution in [2.24, 2.45) is 4.99 Å². The van der Waals surface area contributed by atoms with Crippen LogP contribution in [-0.2, 0) is 9.53 Å². The van der Waals surface area contributed by atoms with Gasteiger partial charge in [-0.05, 0) is 50.6 Å². The van der Waals surface area contributed by atoms with Crippen molar-refractivity contribution in [3.05, 3.63) is 96.8 Å². The molecule has 0 saturated heterocycles. The zero-order chi connectivity index (χ0) is 24.7. The molecule has 1 atom stereocenters. The second-order valence-electron chi connectivity index (χ2n) is 8.60. The van der Waals surface area contributed by atoms with Gasteiger partial charge in [0.15, 0.2) is 4.80 Å². The summed E-state index contributed by atoms with van der Waals surface area (Å²) in [6.07, 6.45) is 3.45. The molecule has 2 aromatic heterocycles. The van der Waals surface area contributed by atoms with Crippen LogP contribution in [0.3, 0.4) is 0 Å². The van der Waals surface area contributed by atoms with E-state index in [4.69, 9.17) is 9.47 Å². The molecule has 2 aromatic carbocycles. The van der Waals surface area contributed by atoms with Gasteiger partial charge in [0.25, 0.3) is 5.56 Å². The predicted molar refractivity (Wildman–Crippen MR) is 136 cm³/mol. The monoisotopic (exact) mass is 487 g/mol. The van der Waals surface area contributed by atoms with Crippen LogP contribution >= 0.6 is 11.3 Å². The summed E-state index contributed by atoms with van der Waals surface area (Å²) in [5.74, 6) is 0.148. The molecule has 5 rings (SSSR count). The second kappa shape index (κ2) is 9.03. The van der Waals surface area contributed by atoms with E-state index in [0.29, 0.717) is 26.4 Å². The molecule has 0 saturated carbocycles. The summed E-state index contributed by atoms with van der Waals surface area (Å²) < 4.78 is 13.1. The third-order valence-corrected chi connectivity index (χ3v) is 6.88. The zero-order valence-corrected chi connectivity index (χ0v) is 20.7. The number of para-hydroxylation sites is 1. The average Bonchev–Trinajstić information content (AvgIpc) is 3.38. The summed E-state index contributed by atoms with van der Waals surface area (Å²) in [5, 5.41) is 1.03. The molecule has 7 nitrogen and oxygen atoms in total. The summed E-state index contributed by atoms with van der Waals surface area (Å²) in [7, 11) is 1.58. The zero-order valence-electron chi connectivity index (χ0n) is 19.9. The molecule has 3 heterocycles. The Morgan fingerprint density at radius 2 is 2.00 bits per heavy atom. The van der Waals surface area contributed by atoms with Crippen molar-refractivity contribution in [3.63, 3.8) is 0 Å². The van der Waals surface area contributed by atoms with E-state index in [1.165, 1.54) is 11.3 Å². The number of carbonyl (C=O) groups is 1. The summed E-state index contributed by atoms with van der Waals surface area (Å²) >= 11 is 1.31. The molecule has 1 aliphatic heterocycles. The van der Waals surface area contributed by atoms with Crippen LogP contribution in [0.5, 0.6) is 5.75 Å². The Labute approximate surface area is 205 Å². The molecule has 4 aromatic rings. The number of nitrogens with one attached hydrogen (secondary N) is 1. The highest BCUT2D eigenvalue weighted by molar-refractivity contribution is 7.07. The van der Waals surface area contributed by atoms with Gasteiger partial charge in [-0.1, -0.05) is 41.7 Å². The van der Waals surface area contributed by atoms with Crippen LogP contribution in [-0.4, -0.2) is 28.7 Å². The smallest absolute Gasteiger partial charge is 0.338 e. The first-order valence-corrected chi connectivity index (χ1v) is 12.1. The summed E-state index contributed by atoms with van der Waals surface area (Å²) in [5.41, 5.74) is 3.32. The van der Waals surface area contributed by atoms with E-state index >= 15 is 0 Å². The Morgan fingerprint density at radius 1 is 1.20 bits per heavy atom. The highest BCUT2D eigenvalue weighted by Gasteiger charge is 2.34. The fraction of sp³-hybridized carbons (Fsp3) is 0.222. The van der Waals surface area contributed by atoms with E-state index in [-0.39, 0.29) is 11.7 Å². The highest BCUT2D eigenvalue weighted by atomic mass is 32.1. The minimum Gasteiger partial charge on any atom is -0.497 e. The number of H-pyrrole nitrogens is 1. The number of thiazole rings is 1. The molecule has 178 valence electrons. The van der Waals surface area contributed by atoms with Gasteiger partial charge in [0.05, 0.1) is 35.1 Å². The number of methoxy groups -OCH3 is 1. The number of benzene rings is 2. The fourth-order valence-electron chi connectivity index (χ4n) is 4.34. The van der Waals surface area contributed by atoms with Crippen molar-refractivity contribution in [2.75, 3.05) is 7.11 Å². The van der Waals surface area contributed by atoms with E-state index in [2.05, 4.69) is 9.98 Å². The van der Waals surface area contributed by atoms with Crippen molar-refractivity contribution < 1.29 is 14.3 Å². The number of rotatable bonds is 5. The quantitative estimate of drug-likeness (QED) is 0.435. The van der Waals surface area contributed by atoms with Gasteiger partial charge in [-0.15, -0.1) is 0 Å². The van der Waals surface area contributed by atoms with E-state index in [0.717, 1.165) is 22.0 Å². The number of aromatic nitrogens is 2. The van der Waals surface area contributed by atoms with Gasteiger partial charge in [-0.25, -0.2) is 9.79 Å². The number of ether oxygens (including phenoxy) is 2. The Kier molecular flexibility index (Phi) is 5.90. The molecule has 0 aliphatic carbocycles. The lowest BCUT2D eigenvalue weighted by molar-refractivity contribution is -0.143. The Hall–Kier alpha value is -3.91. The molecule has 0 unspecified atom stereocenters. The lowest BCUT2D eigenvalue weighted by Gasteiger charge is -2.25. The molecule has 0 amide bonds. The first-order valence-electron chi connectivity index (χ1n) is 11.3. The standard InChI is InChI=1S/C27H25N3O4S/c1-15(2)34-26(32)23-16(3)29-27-30(24(23)17-8-7-9-19(12-17)33-4)25(31)22(35-27)13-18-14-28-21-11-6-5-10-20(18)21/h5-15,24,28H,1-4H3/b22-13-/t24-/m0/s1. The van der Waals surface area contributed by atoms with E-state index in [1.54, 1.807) is 32.4 Å². The minimum atomic E-state index is -0.683. The predicted octanol–water partition coefficient (Wildman–Crippen LogP) is 3.68. The third kappa shape index (κ3) is 4.10. The highest BCUT2D eigenvalue weighted by Crippen LogP contribution is 2.32. The van der Waals surface area contributed by atoms with Gasteiger partial charge in [-0.2, -0.15) is 0 Å². The maximum absolute atomic E-state index is 13.8. The molecule has 0 bridgehead atoms. The van der Waals surface area contributed by atoms with Gasteiger partial charge in [0, 0.05) is 22.7 Å². The maximum Gasteiger partial charge on any atom is 0.338 e. The molecular weight excluding hydrogens is 462 g/mol. The summed E-state index contributed by atoms with van der Waals surface area (Å²) in [4.78, 5) is 35.4. The van der Waals surface area contributed by atoms with Crippen LogP contribution in [0, 0.1) is 0 Å². The Balaban J connectivity index is 1.74. The van der Waals surface area contributed by atoms with Gasteiger partial charge in [0.1, 0.15) is 5.75 Å². The first kappa shape index (κ1) is 22.9. The lowest BCUT2D eigenvalue weighted by atomic mass is 9.95. The lowest BCUT2D eigenvalue weighted by Crippen LogP contribution is -2.40. The van der Waals surface area contributed by atoms with Crippen LogP contribution in [0.1, 0.15) is 37.9 Å². The van der Waals surface area contributed by atoms with Crippen LogP contribution in [0.15, 0.2) is 75.8 Å². The van der Waals surface area contributed by atoms with Gasteiger partial charge >= 0.3 is 5.97 Å². The van der Waals surface area contributed by atoms with Crippen molar-refractivity contribution in [1.82, 2.24) is 9.55 Å². The van der Waals surface area contributed by atoms with Gasteiger partial charge in [-0.3, -0.25) is 9.36 Å². The molecule has 35 heavy (non-hydrogen) atoms. The molecule has 1 aliphatic rings. The van der Waals surface area contributed by atoms with E-state index < -0.39 is 12.0 Å². The normalized spacial score (nSPS) is 15.9. The van der Waals surface area contributed by atoms with Gasteiger partial charge in [0.2, 0.25) is 0 Å². The Morgan fingerprint density at radius 3 is 2.77 bits per heavy atom. The molecule has 1 N–H and O–H groups in total.